The van der Waals surface area contributed by atoms with Crippen LogP contribution in [0.2, 0.25) is 0 Å². The van der Waals surface area contributed by atoms with Crippen LogP contribution in [-0.4, -0.2) is 131 Å². The number of hydrogen-bond donors (Lipinski definition) is 3. The van der Waals surface area contributed by atoms with E-state index in [2.05, 4.69) is 35.9 Å². The highest BCUT2D eigenvalue weighted by Gasteiger charge is 2.44. The van der Waals surface area contributed by atoms with Gasteiger partial charge in [0.25, 0.3) is 0 Å². The second-order valence-corrected chi connectivity index (χ2v) is 22.0. The largest absolute Gasteiger partial charge is 0.494 e. The van der Waals surface area contributed by atoms with Crippen LogP contribution in [0.1, 0.15) is 101 Å². The number of carbonyl (C=O) groups is 5. The molecule has 15 nitrogen and oxygen atoms in total. The Morgan fingerprint density at radius 1 is 0.956 bits per heavy atom. The number of piperidine rings is 1. The monoisotopic (exact) mass is 971 g/mol. The number of ketones is 1. The molecule has 2 saturated heterocycles. The molecule has 4 aliphatic rings. The highest BCUT2D eigenvalue weighted by Crippen LogP contribution is 2.47. The van der Waals surface area contributed by atoms with Crippen LogP contribution in [0.5, 0.6) is 5.75 Å². The maximum absolute atomic E-state index is 15.0. The van der Waals surface area contributed by atoms with Crippen LogP contribution in [0.3, 0.4) is 0 Å². The van der Waals surface area contributed by atoms with Crippen LogP contribution >= 0.6 is 21.6 Å². The number of Topliss-reactive ketones (excluding diaryl/α,β-unsaturated/α-hetero) is 1. The lowest BCUT2D eigenvalue weighted by Gasteiger charge is -2.42. The van der Waals surface area contributed by atoms with E-state index in [1.54, 1.807) is 57.9 Å². The maximum atomic E-state index is 15.0. The third kappa shape index (κ3) is 14.4. The van der Waals surface area contributed by atoms with E-state index in [0.717, 1.165) is 80.0 Å². The molecule has 3 aliphatic heterocycles. The van der Waals surface area contributed by atoms with E-state index in [-0.39, 0.29) is 59.1 Å². The fourth-order valence-corrected chi connectivity index (χ4v) is 11.6. The van der Waals surface area contributed by atoms with Crippen molar-refractivity contribution in [2.75, 3.05) is 75.4 Å². The Labute approximate surface area is 407 Å². The Morgan fingerprint density at radius 3 is 2.49 bits per heavy atom. The minimum absolute atomic E-state index is 0.0447. The lowest BCUT2D eigenvalue weighted by molar-refractivity contribution is -0.133. The molecule has 2 unspecified atom stereocenters. The zero-order chi connectivity index (χ0) is 48.2. The fraction of sp³-hybridized carbons (Fsp3) is 0.540. The van der Waals surface area contributed by atoms with Crippen molar-refractivity contribution in [1.82, 2.24) is 30.4 Å². The van der Waals surface area contributed by atoms with Crippen LogP contribution in [0, 0.1) is 11.7 Å². The molecule has 0 radical (unpaired) electrons. The first-order chi connectivity index (χ1) is 32.7. The van der Waals surface area contributed by atoms with E-state index < -0.39 is 5.82 Å². The third-order valence-electron chi connectivity index (χ3n) is 13.1. The molecule has 2 aromatic carbocycles. The van der Waals surface area contributed by atoms with Gasteiger partial charge in [0.05, 0.1) is 12.3 Å². The standard InChI is InChI=1S/C50H66FN9O6S2/c1-34(61)8-7-26-66-39-13-14-40-44(10-6-19-57(4)45(40)29-39)55-56-46(62)31-50(2,3)68-67-27-17-47(63)59-24-22-58(23-25-59)38-15-20-60(21-16-38)49(65)53-33-36-11-12-37(28-43(36)51)54-48(64)42-30-41(42)35-9-5-18-52-32-35/h5,9,11-14,18,28-29,32,38,41-42H,6-8,10,15-17,19-27,30-31,33H2,1-4H3,(H,53,65)(H,54,64)(H,56,62)/b55-44+. The summed E-state index contributed by atoms with van der Waals surface area (Å²) in [5.41, 5.74) is 7.36. The smallest absolute Gasteiger partial charge is 0.317 e. The number of amides is 5. The summed E-state index contributed by atoms with van der Waals surface area (Å²) in [6, 6.07) is 14.4. The molecule has 5 amide bonds. The number of pyridine rings is 1. The minimum atomic E-state index is -0.488. The van der Waals surface area contributed by atoms with Crippen molar-refractivity contribution >= 4 is 68.2 Å². The first-order valence-corrected chi connectivity index (χ1v) is 26.2. The number of benzene rings is 2. The van der Waals surface area contributed by atoms with Gasteiger partial charge in [-0.2, -0.15) is 5.10 Å². The number of piperazine rings is 1. The van der Waals surface area contributed by atoms with E-state index in [4.69, 9.17) is 4.74 Å². The Hall–Kier alpha value is -5.20. The number of rotatable bonds is 19. The van der Waals surface area contributed by atoms with E-state index in [1.165, 1.54) is 6.07 Å². The summed E-state index contributed by atoms with van der Waals surface area (Å²) in [6.07, 6.45) is 9.38. The summed E-state index contributed by atoms with van der Waals surface area (Å²) < 4.78 is 20.6. The summed E-state index contributed by atoms with van der Waals surface area (Å²) in [7, 11) is 5.27. The SMILES string of the molecule is CC(=O)CCCOc1ccc2c(c1)N(C)CCC/C2=N\NC(=O)CC(C)(C)SSCCC(=O)N1CCN(C2CCN(C(=O)NCc3ccc(NC(=O)C4CC4c4cccnc4)cc3F)CC2)CC1. The topological polar surface area (TPSA) is 169 Å². The average Bonchev–Trinajstić information content (AvgIpc) is 4.16. The fourth-order valence-electron chi connectivity index (χ4n) is 9.11. The molecule has 18 heteroatoms. The molecule has 1 saturated carbocycles. The van der Waals surface area contributed by atoms with Crippen molar-refractivity contribution in [3.8, 4) is 5.75 Å². The van der Waals surface area contributed by atoms with Crippen molar-refractivity contribution in [1.29, 1.82) is 0 Å². The predicted molar refractivity (Wildman–Crippen MR) is 267 cm³/mol. The van der Waals surface area contributed by atoms with Crippen molar-refractivity contribution in [2.45, 2.75) is 102 Å². The summed E-state index contributed by atoms with van der Waals surface area (Å²) in [5, 5.41) is 10.3. The third-order valence-corrected chi connectivity index (χ3v) is 16.3. The number of aromatic nitrogens is 1. The van der Waals surface area contributed by atoms with Gasteiger partial charge >= 0.3 is 6.03 Å². The van der Waals surface area contributed by atoms with Crippen LogP contribution in [-0.2, 0) is 25.7 Å². The lowest BCUT2D eigenvalue weighted by atomic mass is 10.0. The van der Waals surface area contributed by atoms with Crippen LogP contribution in [0.25, 0.3) is 0 Å². The number of carbonyl (C=O) groups excluding carboxylic acids is 5. The van der Waals surface area contributed by atoms with E-state index >= 15 is 4.39 Å². The molecule has 3 aromatic rings. The molecule has 68 heavy (non-hydrogen) atoms. The summed E-state index contributed by atoms with van der Waals surface area (Å²) in [5.74, 6) is 0.870. The van der Waals surface area contributed by atoms with Gasteiger partial charge in [-0.25, -0.2) is 14.6 Å². The van der Waals surface area contributed by atoms with Gasteiger partial charge in [0.2, 0.25) is 17.7 Å². The zero-order valence-electron chi connectivity index (χ0n) is 39.8. The molecule has 3 N–H and O–H groups in total. The molecule has 366 valence electrons. The summed E-state index contributed by atoms with van der Waals surface area (Å²) >= 11 is 0. The van der Waals surface area contributed by atoms with Gasteiger partial charge in [0, 0.05) is 142 Å². The Balaban J connectivity index is 0.752. The number of likely N-dealkylation sites (tertiary alicyclic amines) is 1. The molecule has 0 bridgehead atoms. The molecule has 3 fully saturated rings. The summed E-state index contributed by atoms with van der Waals surface area (Å²) in [4.78, 5) is 75.8. The molecular formula is C50H66FN9O6S2. The van der Waals surface area contributed by atoms with Gasteiger partial charge in [-0.05, 0) is 101 Å². The molecule has 0 spiro atoms. The molecule has 4 heterocycles. The van der Waals surface area contributed by atoms with Crippen molar-refractivity contribution < 1.29 is 33.1 Å². The Bertz CT molecular complexity index is 2290. The van der Waals surface area contributed by atoms with Gasteiger partial charge < -0.3 is 34.9 Å². The van der Waals surface area contributed by atoms with Gasteiger partial charge in [-0.15, -0.1) is 0 Å². The van der Waals surface area contributed by atoms with Gasteiger partial charge in [0.1, 0.15) is 17.3 Å². The number of anilines is 2. The Morgan fingerprint density at radius 2 is 1.75 bits per heavy atom. The van der Waals surface area contributed by atoms with Gasteiger partial charge in [0.15, 0.2) is 0 Å². The first kappa shape index (κ1) is 50.7. The number of ether oxygens (including phenoxy) is 1. The second-order valence-electron chi connectivity index (χ2n) is 18.9. The highest BCUT2D eigenvalue weighted by atomic mass is 33.1. The quantitative estimate of drug-likeness (QED) is 0.0631. The number of hydrazone groups is 1. The zero-order valence-corrected chi connectivity index (χ0v) is 41.4. The van der Waals surface area contributed by atoms with Crippen LogP contribution in [0.15, 0.2) is 66.0 Å². The number of hydrogen-bond acceptors (Lipinski definition) is 12. The maximum Gasteiger partial charge on any atom is 0.317 e. The average molecular weight is 972 g/mol. The van der Waals surface area contributed by atoms with Gasteiger partial charge in [-0.3, -0.25) is 24.3 Å². The van der Waals surface area contributed by atoms with Gasteiger partial charge in [-0.1, -0.05) is 33.7 Å². The van der Waals surface area contributed by atoms with Crippen LogP contribution < -0.4 is 25.7 Å². The van der Waals surface area contributed by atoms with E-state index in [1.807, 2.05) is 56.1 Å². The number of halogens is 1. The normalized spacial score (nSPS) is 19.5. The number of fused-ring (bicyclic) bond motifs is 1. The first-order valence-electron chi connectivity index (χ1n) is 23.9. The van der Waals surface area contributed by atoms with E-state index in [9.17, 15) is 24.0 Å². The van der Waals surface area contributed by atoms with E-state index in [0.29, 0.717) is 75.1 Å². The molecule has 1 aromatic heterocycles. The molecular weight excluding hydrogens is 906 g/mol. The van der Waals surface area contributed by atoms with Crippen molar-refractivity contribution in [3.05, 3.63) is 83.4 Å². The minimum Gasteiger partial charge on any atom is -0.494 e. The molecule has 7 rings (SSSR count). The lowest BCUT2D eigenvalue weighted by Crippen LogP contribution is -2.55. The number of urea groups is 1. The van der Waals surface area contributed by atoms with Crippen molar-refractivity contribution in [2.24, 2.45) is 11.0 Å². The number of nitrogens with zero attached hydrogens (tertiary/aromatic N) is 6. The Kier molecular flexibility index (Phi) is 17.8. The number of nitrogens with one attached hydrogen (secondary N) is 3. The second kappa shape index (κ2) is 23.9. The molecule has 1 aliphatic carbocycles. The summed E-state index contributed by atoms with van der Waals surface area (Å²) in [6.45, 7) is 11.1. The molecule has 2 atom stereocenters. The van der Waals surface area contributed by atoms with Crippen molar-refractivity contribution in [3.63, 3.8) is 0 Å². The highest BCUT2D eigenvalue weighted by molar-refractivity contribution is 8.77. The van der Waals surface area contributed by atoms with Crippen LogP contribution in [0.4, 0.5) is 20.6 Å². The predicted octanol–water partition coefficient (Wildman–Crippen LogP) is 7.22.